The fourth-order valence-corrected chi connectivity index (χ4v) is 3.44. The molecule has 16 heavy (non-hydrogen) atoms. The second-order valence-corrected chi connectivity index (χ2v) is 5.21. The van der Waals surface area contributed by atoms with E-state index in [0.29, 0.717) is 5.41 Å². The van der Waals surface area contributed by atoms with Crippen LogP contribution in [-0.4, -0.2) is 16.7 Å². The van der Waals surface area contributed by atoms with E-state index in [-0.39, 0.29) is 24.8 Å². The Morgan fingerprint density at radius 1 is 1.19 bits per heavy atom. The largest absolute Gasteiger partial charge is 0.312 e. The molecule has 3 nitrogen and oxygen atoms in total. The van der Waals surface area contributed by atoms with E-state index in [2.05, 4.69) is 15.5 Å². The van der Waals surface area contributed by atoms with Gasteiger partial charge in [0.05, 0.1) is 5.69 Å². The van der Waals surface area contributed by atoms with Crippen molar-refractivity contribution in [2.45, 2.75) is 37.6 Å². The number of fused-ring (bicyclic) bond motifs is 1. The Morgan fingerprint density at radius 2 is 1.94 bits per heavy atom. The third kappa shape index (κ3) is 1.35. The van der Waals surface area contributed by atoms with Gasteiger partial charge < -0.3 is 5.32 Å². The lowest BCUT2D eigenvalue weighted by Gasteiger charge is -2.61. The van der Waals surface area contributed by atoms with E-state index in [9.17, 15) is 0 Å². The van der Waals surface area contributed by atoms with E-state index in [0.717, 1.165) is 25.4 Å². The Balaban J connectivity index is 0.000000482. The number of hydrogen-bond donors (Lipinski definition) is 2. The lowest BCUT2D eigenvalue weighted by molar-refractivity contribution is -0.0316. The van der Waals surface area contributed by atoms with Crippen LogP contribution in [0.4, 0.5) is 0 Å². The lowest BCUT2D eigenvalue weighted by atomic mass is 9.43. The normalized spacial score (nSPS) is 33.6. The third-order valence-electron chi connectivity index (χ3n) is 4.36. The molecule has 0 amide bonds. The molecule has 1 aliphatic heterocycles. The molecule has 0 unspecified atom stereocenters. The highest BCUT2D eigenvalue weighted by Crippen LogP contribution is 2.65. The quantitative estimate of drug-likeness (QED) is 0.812. The minimum absolute atomic E-state index is 0. The van der Waals surface area contributed by atoms with E-state index in [4.69, 9.17) is 0 Å². The number of nitrogens with zero attached hydrogens (tertiary/aromatic N) is 1. The second-order valence-electron chi connectivity index (χ2n) is 5.21. The molecule has 3 saturated carbocycles. The molecule has 2 heterocycles. The van der Waals surface area contributed by atoms with Gasteiger partial charge in [0.2, 0.25) is 0 Å². The van der Waals surface area contributed by atoms with Crippen LogP contribution in [0.2, 0.25) is 0 Å². The topological polar surface area (TPSA) is 40.7 Å². The van der Waals surface area contributed by atoms with Crippen molar-refractivity contribution in [3.8, 4) is 0 Å². The Bertz CT molecular complexity index is 385. The molecular weight excluding hydrogens is 245 g/mol. The number of rotatable bonds is 1. The number of nitrogens with one attached hydrogen (secondary N) is 2. The summed E-state index contributed by atoms with van der Waals surface area (Å²) in [4.78, 5) is 0. The van der Waals surface area contributed by atoms with Crippen LogP contribution in [0.25, 0.3) is 0 Å². The van der Waals surface area contributed by atoms with Crippen LogP contribution in [0.1, 0.15) is 36.2 Å². The van der Waals surface area contributed by atoms with Crippen molar-refractivity contribution < 1.29 is 0 Å². The molecule has 0 radical (unpaired) electrons. The van der Waals surface area contributed by atoms with E-state index in [1.165, 1.54) is 36.2 Å². The first kappa shape index (κ1) is 12.2. The molecule has 0 spiro atoms. The molecule has 4 aliphatic rings. The Morgan fingerprint density at radius 3 is 2.56 bits per heavy atom. The van der Waals surface area contributed by atoms with Gasteiger partial charge in [0.25, 0.3) is 0 Å². The average Bonchev–Trinajstić information content (AvgIpc) is 2.45. The van der Waals surface area contributed by atoms with Gasteiger partial charge in [-0.15, -0.1) is 24.8 Å². The molecule has 2 N–H and O–H groups in total. The lowest BCUT2D eigenvalue weighted by Crippen LogP contribution is -2.56. The summed E-state index contributed by atoms with van der Waals surface area (Å²) in [6, 6.07) is 0. The summed E-state index contributed by atoms with van der Waals surface area (Å²) in [5.41, 5.74) is 4.84. The van der Waals surface area contributed by atoms with Crippen LogP contribution in [0.15, 0.2) is 0 Å². The van der Waals surface area contributed by atoms with Crippen LogP contribution < -0.4 is 5.32 Å². The van der Waals surface area contributed by atoms with E-state index >= 15 is 0 Å². The SMILES string of the molecule is C1Cc2n[nH]c(C34CC(C3)C4)c2CN1.Cl.Cl. The number of H-pyrrole nitrogens is 1. The maximum absolute atomic E-state index is 4.46. The number of aromatic nitrogens is 2. The summed E-state index contributed by atoms with van der Waals surface area (Å²) in [5, 5.41) is 11.2. The van der Waals surface area contributed by atoms with Crippen LogP contribution >= 0.6 is 24.8 Å². The molecule has 3 aliphatic carbocycles. The summed E-state index contributed by atoms with van der Waals surface area (Å²) in [6.07, 6.45) is 5.36. The van der Waals surface area contributed by atoms with E-state index in [1.54, 1.807) is 0 Å². The highest BCUT2D eigenvalue weighted by Gasteiger charge is 2.59. The zero-order chi connectivity index (χ0) is 9.17. The van der Waals surface area contributed by atoms with Crippen LogP contribution in [0.3, 0.4) is 0 Å². The Kier molecular flexibility index (Phi) is 2.97. The van der Waals surface area contributed by atoms with Gasteiger partial charge in [-0.3, -0.25) is 5.10 Å². The molecule has 90 valence electrons. The highest BCUT2D eigenvalue weighted by atomic mass is 35.5. The number of halogens is 2. The minimum atomic E-state index is 0. The molecule has 0 atom stereocenters. The van der Waals surface area contributed by atoms with Gasteiger partial charge in [-0.2, -0.15) is 5.10 Å². The fourth-order valence-electron chi connectivity index (χ4n) is 3.44. The van der Waals surface area contributed by atoms with Crippen LogP contribution in [-0.2, 0) is 18.4 Å². The standard InChI is InChI=1S/C11H15N3.2ClH/c1-2-12-6-8-9(1)13-14-10(8)11-3-7(4-11)5-11;;/h7,12H,1-6H2,(H,13,14);2*1H. The van der Waals surface area contributed by atoms with Crippen molar-refractivity contribution in [2.75, 3.05) is 6.54 Å². The number of aromatic amines is 1. The summed E-state index contributed by atoms with van der Waals surface area (Å²) in [5.74, 6) is 1.05. The minimum Gasteiger partial charge on any atom is -0.312 e. The van der Waals surface area contributed by atoms with Crippen molar-refractivity contribution in [1.82, 2.24) is 15.5 Å². The first-order valence-electron chi connectivity index (χ1n) is 5.65. The summed E-state index contributed by atoms with van der Waals surface area (Å²) in [6.45, 7) is 2.13. The van der Waals surface area contributed by atoms with Gasteiger partial charge in [0.1, 0.15) is 0 Å². The zero-order valence-corrected chi connectivity index (χ0v) is 10.7. The number of hydrogen-bond acceptors (Lipinski definition) is 2. The average molecular weight is 262 g/mol. The third-order valence-corrected chi connectivity index (χ3v) is 4.36. The predicted octanol–water partition coefficient (Wildman–Crippen LogP) is 1.95. The van der Waals surface area contributed by atoms with Gasteiger partial charge in [0.15, 0.2) is 0 Å². The zero-order valence-electron chi connectivity index (χ0n) is 9.08. The molecule has 5 heteroatoms. The van der Waals surface area contributed by atoms with Crippen molar-refractivity contribution in [3.63, 3.8) is 0 Å². The maximum atomic E-state index is 4.46. The van der Waals surface area contributed by atoms with Crippen molar-refractivity contribution in [1.29, 1.82) is 0 Å². The van der Waals surface area contributed by atoms with Gasteiger partial charge in [0, 0.05) is 36.2 Å². The Labute approximate surface area is 108 Å². The summed E-state index contributed by atoms with van der Waals surface area (Å²) in [7, 11) is 0. The van der Waals surface area contributed by atoms with Gasteiger partial charge in [-0.25, -0.2) is 0 Å². The van der Waals surface area contributed by atoms with Gasteiger partial charge in [-0.1, -0.05) is 0 Å². The Hall–Kier alpha value is -0.250. The van der Waals surface area contributed by atoms with Crippen molar-refractivity contribution >= 4 is 24.8 Å². The molecule has 0 saturated heterocycles. The van der Waals surface area contributed by atoms with Crippen molar-refractivity contribution in [2.24, 2.45) is 5.92 Å². The summed E-state index contributed by atoms with van der Waals surface area (Å²) >= 11 is 0. The van der Waals surface area contributed by atoms with Crippen LogP contribution in [0, 0.1) is 5.92 Å². The smallest absolute Gasteiger partial charge is 0.0682 e. The van der Waals surface area contributed by atoms with Gasteiger partial charge >= 0.3 is 0 Å². The molecule has 2 bridgehead atoms. The molecular formula is C11H17Cl2N3. The summed E-state index contributed by atoms with van der Waals surface area (Å²) < 4.78 is 0. The first-order chi connectivity index (χ1) is 6.87. The maximum Gasteiger partial charge on any atom is 0.0682 e. The molecule has 5 rings (SSSR count). The van der Waals surface area contributed by atoms with Crippen molar-refractivity contribution in [3.05, 3.63) is 17.0 Å². The molecule has 1 aromatic rings. The predicted molar refractivity (Wildman–Crippen MR) is 67.5 cm³/mol. The van der Waals surface area contributed by atoms with E-state index in [1.807, 2.05) is 0 Å². The van der Waals surface area contributed by atoms with E-state index < -0.39 is 0 Å². The monoisotopic (exact) mass is 261 g/mol. The molecule has 3 fully saturated rings. The van der Waals surface area contributed by atoms with Crippen LogP contribution in [0.5, 0.6) is 0 Å². The highest BCUT2D eigenvalue weighted by molar-refractivity contribution is 5.85. The molecule has 0 aromatic carbocycles. The second kappa shape index (κ2) is 3.90. The molecule has 1 aromatic heterocycles. The fraction of sp³-hybridized carbons (Fsp3) is 0.727. The van der Waals surface area contributed by atoms with Gasteiger partial charge in [-0.05, 0) is 25.2 Å². The first-order valence-corrected chi connectivity index (χ1v) is 5.65.